The average molecular weight is 516 g/mol. The van der Waals surface area contributed by atoms with Gasteiger partial charge in [0.25, 0.3) is 0 Å². The third kappa shape index (κ3) is 4.22. The van der Waals surface area contributed by atoms with Crippen molar-refractivity contribution in [3.63, 3.8) is 0 Å². The summed E-state index contributed by atoms with van der Waals surface area (Å²) in [4.78, 5) is 28.0. The van der Waals surface area contributed by atoms with Gasteiger partial charge in [-0.15, -0.1) is 0 Å². The first-order valence-corrected chi connectivity index (χ1v) is 11.8. The van der Waals surface area contributed by atoms with Crippen LogP contribution in [0, 0.1) is 0 Å². The number of nitrogens with one attached hydrogen (secondary N) is 2. The molecule has 0 atom stereocenters. The largest absolute Gasteiger partial charge is 0.489 e. The molecular weight excluding hydrogens is 496 g/mol. The molecule has 4 aromatic rings. The number of aromatic amines is 2. The van der Waals surface area contributed by atoms with E-state index in [9.17, 15) is 9.18 Å². The van der Waals surface area contributed by atoms with E-state index in [0.717, 1.165) is 22.3 Å². The van der Waals surface area contributed by atoms with Crippen LogP contribution in [0.2, 0.25) is 10.0 Å². The summed E-state index contributed by atoms with van der Waals surface area (Å²) in [7, 11) is 0. The third-order valence-corrected chi connectivity index (χ3v) is 6.92. The van der Waals surface area contributed by atoms with Crippen molar-refractivity contribution in [2.75, 3.05) is 19.6 Å². The van der Waals surface area contributed by atoms with E-state index in [0.29, 0.717) is 59.1 Å². The lowest BCUT2D eigenvalue weighted by atomic mass is 10.2. The maximum absolute atomic E-state index is 13.0. The maximum atomic E-state index is 13.0. The van der Waals surface area contributed by atoms with Crippen molar-refractivity contribution < 1.29 is 13.9 Å². The molecule has 0 aliphatic carbocycles. The number of amides is 1. The van der Waals surface area contributed by atoms with E-state index in [1.165, 1.54) is 12.4 Å². The van der Waals surface area contributed by atoms with Crippen LogP contribution in [-0.4, -0.2) is 66.7 Å². The van der Waals surface area contributed by atoms with Crippen molar-refractivity contribution in [3.8, 4) is 17.3 Å². The number of alkyl halides is 1. The van der Waals surface area contributed by atoms with E-state index >= 15 is 0 Å². The second kappa shape index (κ2) is 8.78. The highest BCUT2D eigenvalue weighted by atomic mass is 35.5. The van der Waals surface area contributed by atoms with Crippen molar-refractivity contribution >= 4 is 40.0 Å². The van der Waals surface area contributed by atoms with Gasteiger partial charge in [0.15, 0.2) is 5.82 Å². The molecule has 180 valence electrons. The average Bonchev–Trinajstić information content (AvgIpc) is 3.50. The van der Waals surface area contributed by atoms with E-state index < -0.39 is 6.17 Å². The van der Waals surface area contributed by atoms with Crippen LogP contribution in [0.3, 0.4) is 0 Å². The first-order chi connectivity index (χ1) is 16.9. The Morgan fingerprint density at radius 3 is 2.74 bits per heavy atom. The van der Waals surface area contributed by atoms with E-state index in [1.807, 2.05) is 23.1 Å². The molecule has 1 fully saturated rings. The lowest BCUT2D eigenvalue weighted by Crippen LogP contribution is -2.52. The van der Waals surface area contributed by atoms with Crippen LogP contribution in [0.25, 0.3) is 22.4 Å². The van der Waals surface area contributed by atoms with E-state index in [4.69, 9.17) is 32.9 Å². The minimum absolute atomic E-state index is 0.0220. The number of carbonyl (C=O) groups excluding carboxylic acids is 1. The van der Waals surface area contributed by atoms with Gasteiger partial charge in [0.1, 0.15) is 24.2 Å². The highest BCUT2D eigenvalue weighted by molar-refractivity contribution is 6.35. The molecule has 1 amide bonds. The first kappa shape index (κ1) is 22.3. The Hall–Kier alpha value is -3.21. The minimum atomic E-state index is -0.820. The van der Waals surface area contributed by atoms with Crippen LogP contribution in [0.4, 0.5) is 4.39 Å². The van der Waals surface area contributed by atoms with Gasteiger partial charge in [-0.25, -0.2) is 9.37 Å². The Balaban J connectivity index is 1.18. The summed E-state index contributed by atoms with van der Waals surface area (Å²) in [5.41, 5.74) is 3.85. The monoisotopic (exact) mass is 515 g/mol. The van der Waals surface area contributed by atoms with Crippen molar-refractivity contribution in [2.45, 2.75) is 25.9 Å². The Labute approximate surface area is 209 Å². The van der Waals surface area contributed by atoms with E-state index in [-0.39, 0.29) is 19.1 Å². The lowest BCUT2D eigenvalue weighted by molar-refractivity contribution is -0.134. The highest BCUT2D eigenvalue weighted by Gasteiger charge is 2.32. The number of H-pyrrole nitrogens is 2. The summed E-state index contributed by atoms with van der Waals surface area (Å²) in [6.45, 7) is 1.95. The number of carbonyl (C=O) groups is 1. The van der Waals surface area contributed by atoms with Gasteiger partial charge >= 0.3 is 0 Å². The first-order valence-electron chi connectivity index (χ1n) is 11.1. The second-order valence-corrected chi connectivity index (χ2v) is 9.52. The maximum Gasteiger partial charge on any atom is 0.237 e. The molecule has 0 radical (unpaired) electrons. The number of fused-ring (bicyclic) bond motifs is 2. The number of hydrogen-bond acceptors (Lipinski definition) is 6. The van der Waals surface area contributed by atoms with Gasteiger partial charge < -0.3 is 14.6 Å². The molecule has 0 spiro atoms. The summed E-state index contributed by atoms with van der Waals surface area (Å²) in [5, 5.41) is 9.18. The SMILES string of the molecule is O=C(CN1CC(F)C1)N1Cc2nc(-c3n[nH]c4ccc(OCc5c(Cl)cncc5Cl)cc34)[nH]c2C1. The minimum Gasteiger partial charge on any atom is -0.489 e. The second-order valence-electron chi connectivity index (χ2n) is 8.70. The van der Waals surface area contributed by atoms with Gasteiger partial charge in [0.05, 0.1) is 46.6 Å². The van der Waals surface area contributed by atoms with Crippen molar-refractivity contribution in [1.29, 1.82) is 0 Å². The molecule has 35 heavy (non-hydrogen) atoms. The van der Waals surface area contributed by atoms with Crippen LogP contribution in [0.15, 0.2) is 30.6 Å². The number of likely N-dealkylation sites (tertiary alicyclic amines) is 1. The Morgan fingerprint density at radius 2 is 2.00 bits per heavy atom. The molecule has 2 aliphatic heterocycles. The third-order valence-electron chi connectivity index (χ3n) is 6.27. The Kier molecular flexibility index (Phi) is 5.58. The standard InChI is InChI=1S/C23H20Cl2FN7O2/c24-16-4-27-5-17(25)15(16)11-35-13-1-2-18-14(3-13)22(31-30-18)23-28-19-8-33(9-20(19)29-23)21(34)10-32-6-12(26)7-32/h1-5,12H,6-11H2,(H,28,29)(H,30,31). The van der Waals surface area contributed by atoms with Gasteiger partial charge in [-0.2, -0.15) is 5.10 Å². The number of benzene rings is 1. The lowest BCUT2D eigenvalue weighted by Gasteiger charge is -2.34. The molecule has 0 saturated carbocycles. The quantitative estimate of drug-likeness (QED) is 0.405. The topological polar surface area (TPSA) is 103 Å². The fourth-order valence-electron chi connectivity index (χ4n) is 4.35. The molecular formula is C23H20Cl2FN7O2. The van der Waals surface area contributed by atoms with Gasteiger partial charge in [-0.3, -0.25) is 19.8 Å². The number of hydrogen-bond donors (Lipinski definition) is 2. The Morgan fingerprint density at radius 1 is 1.20 bits per heavy atom. The molecule has 9 nitrogen and oxygen atoms in total. The summed E-state index contributed by atoms with van der Waals surface area (Å²) in [6.07, 6.45) is 2.23. The number of halogens is 3. The molecule has 1 saturated heterocycles. The predicted molar refractivity (Wildman–Crippen MR) is 128 cm³/mol. The highest BCUT2D eigenvalue weighted by Crippen LogP contribution is 2.32. The van der Waals surface area contributed by atoms with Crippen LogP contribution < -0.4 is 4.74 Å². The Bertz CT molecular complexity index is 1390. The molecule has 2 aliphatic rings. The summed E-state index contributed by atoms with van der Waals surface area (Å²) in [5.74, 6) is 1.22. The van der Waals surface area contributed by atoms with Crippen LogP contribution in [0.5, 0.6) is 5.75 Å². The normalized spacial score (nSPS) is 16.0. The number of rotatable bonds is 6. The van der Waals surface area contributed by atoms with Gasteiger partial charge in [-0.1, -0.05) is 23.2 Å². The van der Waals surface area contributed by atoms with Crippen molar-refractivity contribution in [1.82, 2.24) is 34.9 Å². The van der Waals surface area contributed by atoms with E-state index in [1.54, 1.807) is 4.90 Å². The van der Waals surface area contributed by atoms with Gasteiger partial charge in [0.2, 0.25) is 5.91 Å². The van der Waals surface area contributed by atoms with Gasteiger partial charge in [0, 0.05) is 36.4 Å². The molecule has 2 N–H and O–H groups in total. The van der Waals surface area contributed by atoms with Crippen LogP contribution in [-0.2, 0) is 24.5 Å². The van der Waals surface area contributed by atoms with Crippen LogP contribution in [0.1, 0.15) is 17.0 Å². The molecule has 6 rings (SSSR count). The zero-order chi connectivity index (χ0) is 24.1. The van der Waals surface area contributed by atoms with Crippen LogP contribution >= 0.6 is 23.2 Å². The molecule has 1 aromatic carbocycles. The summed E-state index contributed by atoms with van der Waals surface area (Å²) < 4.78 is 19.0. The molecule has 5 heterocycles. The number of imidazole rings is 1. The van der Waals surface area contributed by atoms with Crippen molar-refractivity contribution in [3.05, 3.63) is 57.6 Å². The summed E-state index contributed by atoms with van der Waals surface area (Å²) in [6, 6.07) is 5.60. The fourth-order valence-corrected chi connectivity index (χ4v) is 4.82. The number of ether oxygens (including phenoxy) is 1. The van der Waals surface area contributed by atoms with E-state index in [2.05, 4.69) is 20.2 Å². The van der Waals surface area contributed by atoms with Crippen molar-refractivity contribution in [2.24, 2.45) is 0 Å². The fraction of sp³-hybridized carbons (Fsp3) is 0.304. The zero-order valence-electron chi connectivity index (χ0n) is 18.4. The molecule has 0 bridgehead atoms. The number of nitrogens with zero attached hydrogens (tertiary/aromatic N) is 5. The smallest absolute Gasteiger partial charge is 0.237 e. The number of aromatic nitrogens is 5. The zero-order valence-corrected chi connectivity index (χ0v) is 19.9. The van der Waals surface area contributed by atoms with Gasteiger partial charge in [-0.05, 0) is 18.2 Å². The molecule has 0 unspecified atom stereocenters. The predicted octanol–water partition coefficient (Wildman–Crippen LogP) is 3.73. The molecule has 3 aromatic heterocycles. The number of pyridine rings is 1. The summed E-state index contributed by atoms with van der Waals surface area (Å²) >= 11 is 12.4. The molecule has 12 heteroatoms.